The number of anilines is 3. The molecule has 0 bridgehead atoms. The standard InChI is InChI=1S/C26H18FN7O4/c27-21-18(37-16-4-2-1-3-5-16)11-10-17-22(21)33-25(32-17)31-15-8-6-14(7-9-15)20-19(38-26(35)36)12-34-23(20)24(28)29-13-30-34/h1-13H,(H,35,36)(H2,28,29,30)(H2,31,32,33). The maximum Gasteiger partial charge on any atom is 0.511 e. The zero-order chi connectivity index (χ0) is 26.2. The van der Waals surface area contributed by atoms with Gasteiger partial charge in [-0.3, -0.25) is 0 Å². The van der Waals surface area contributed by atoms with Crippen LogP contribution in [-0.2, 0) is 0 Å². The van der Waals surface area contributed by atoms with Gasteiger partial charge in [0.2, 0.25) is 5.95 Å². The quantitative estimate of drug-likeness (QED) is 0.210. The number of halogens is 1. The lowest BCUT2D eigenvalue weighted by Gasteiger charge is -2.07. The van der Waals surface area contributed by atoms with Crippen molar-refractivity contribution in [1.29, 1.82) is 0 Å². The van der Waals surface area contributed by atoms with Crippen molar-refractivity contribution in [3.63, 3.8) is 0 Å². The third kappa shape index (κ3) is 4.15. The summed E-state index contributed by atoms with van der Waals surface area (Å²) in [7, 11) is 0. The number of ether oxygens (including phenoxy) is 2. The minimum Gasteiger partial charge on any atom is -0.454 e. The number of hydrogen-bond donors (Lipinski definition) is 4. The fourth-order valence-electron chi connectivity index (χ4n) is 4.10. The highest BCUT2D eigenvalue weighted by Gasteiger charge is 2.20. The molecule has 0 atom stereocenters. The minimum absolute atomic E-state index is 0.0618. The molecule has 3 heterocycles. The van der Waals surface area contributed by atoms with Crippen molar-refractivity contribution in [3.8, 4) is 28.4 Å². The number of carboxylic acid groups (broad SMARTS) is 1. The summed E-state index contributed by atoms with van der Waals surface area (Å²) >= 11 is 0. The van der Waals surface area contributed by atoms with Crippen LogP contribution in [0.5, 0.6) is 17.2 Å². The summed E-state index contributed by atoms with van der Waals surface area (Å²) in [6.45, 7) is 0. The molecule has 6 aromatic rings. The van der Waals surface area contributed by atoms with E-state index in [1.165, 1.54) is 23.1 Å². The lowest BCUT2D eigenvalue weighted by atomic mass is 10.1. The van der Waals surface area contributed by atoms with Crippen LogP contribution in [-0.4, -0.2) is 35.8 Å². The molecular formula is C26H18FN7O4. The first-order valence-electron chi connectivity index (χ1n) is 11.3. The maximum atomic E-state index is 15.1. The summed E-state index contributed by atoms with van der Waals surface area (Å²) in [5.41, 5.74) is 8.75. The number of fused-ring (bicyclic) bond motifs is 2. The molecule has 0 radical (unpaired) electrons. The third-order valence-corrected chi connectivity index (χ3v) is 5.73. The summed E-state index contributed by atoms with van der Waals surface area (Å²) in [4.78, 5) is 22.6. The van der Waals surface area contributed by atoms with Crippen molar-refractivity contribution >= 4 is 40.2 Å². The van der Waals surface area contributed by atoms with Gasteiger partial charge in [0.15, 0.2) is 23.1 Å². The van der Waals surface area contributed by atoms with Gasteiger partial charge in [-0.15, -0.1) is 0 Å². The van der Waals surface area contributed by atoms with Gasteiger partial charge in [-0.25, -0.2) is 23.7 Å². The Hall–Kier alpha value is -5.65. The number of benzene rings is 3. The topological polar surface area (TPSA) is 153 Å². The van der Waals surface area contributed by atoms with Gasteiger partial charge in [0.25, 0.3) is 0 Å². The lowest BCUT2D eigenvalue weighted by molar-refractivity contribution is 0.144. The second-order valence-corrected chi connectivity index (χ2v) is 8.15. The maximum absolute atomic E-state index is 15.1. The number of rotatable bonds is 6. The monoisotopic (exact) mass is 511 g/mol. The molecule has 0 unspecified atom stereocenters. The first kappa shape index (κ1) is 22.8. The first-order chi connectivity index (χ1) is 18.5. The van der Waals surface area contributed by atoms with Crippen LogP contribution in [0.1, 0.15) is 0 Å². The summed E-state index contributed by atoms with van der Waals surface area (Å²) in [6.07, 6.45) is 1.21. The minimum atomic E-state index is -1.47. The van der Waals surface area contributed by atoms with Crippen LogP contribution in [0.15, 0.2) is 79.3 Å². The van der Waals surface area contributed by atoms with Crippen LogP contribution in [0.25, 0.3) is 27.7 Å². The molecule has 0 saturated heterocycles. The van der Waals surface area contributed by atoms with Gasteiger partial charge in [-0.1, -0.05) is 30.3 Å². The Bertz CT molecular complexity index is 1800. The summed E-state index contributed by atoms with van der Waals surface area (Å²) in [5.74, 6) is 0.582. The normalized spacial score (nSPS) is 11.1. The van der Waals surface area contributed by atoms with E-state index in [0.717, 1.165) is 0 Å². The van der Waals surface area contributed by atoms with Crippen molar-refractivity contribution in [1.82, 2.24) is 24.6 Å². The van der Waals surface area contributed by atoms with Crippen LogP contribution in [0.3, 0.4) is 0 Å². The van der Waals surface area contributed by atoms with Crippen LogP contribution in [0, 0.1) is 5.82 Å². The highest BCUT2D eigenvalue weighted by molar-refractivity contribution is 5.93. The molecular weight excluding hydrogens is 493 g/mol. The second kappa shape index (κ2) is 9.09. The fourth-order valence-corrected chi connectivity index (χ4v) is 4.10. The molecule has 3 aromatic carbocycles. The number of hydrogen-bond acceptors (Lipinski definition) is 8. The number of aromatic nitrogens is 5. The van der Waals surface area contributed by atoms with Crippen LogP contribution < -0.4 is 20.5 Å². The molecule has 0 fully saturated rings. The molecule has 0 aliphatic carbocycles. The Balaban J connectivity index is 1.29. The predicted molar refractivity (Wildman–Crippen MR) is 137 cm³/mol. The Kier molecular flexibility index (Phi) is 5.45. The highest BCUT2D eigenvalue weighted by atomic mass is 19.1. The van der Waals surface area contributed by atoms with Crippen LogP contribution >= 0.6 is 0 Å². The van der Waals surface area contributed by atoms with Gasteiger partial charge >= 0.3 is 6.16 Å². The average molecular weight is 511 g/mol. The van der Waals surface area contributed by atoms with Crippen molar-refractivity contribution < 1.29 is 23.8 Å². The SMILES string of the molecule is Nc1ncnn2cc(OC(=O)O)c(-c3ccc(Nc4nc5ccc(Oc6ccccc6)c(F)c5[nH]4)cc3)c12. The number of nitrogens with two attached hydrogens (primary N) is 1. The smallest absolute Gasteiger partial charge is 0.454 e. The summed E-state index contributed by atoms with van der Waals surface area (Å²) < 4.78 is 27.1. The molecule has 5 N–H and O–H groups in total. The zero-order valence-electron chi connectivity index (χ0n) is 19.4. The van der Waals surface area contributed by atoms with Crippen molar-refractivity contribution in [2.45, 2.75) is 0 Å². The van der Waals surface area contributed by atoms with E-state index in [4.69, 9.17) is 20.3 Å². The molecule has 0 aliphatic heterocycles. The molecule has 0 spiro atoms. The van der Waals surface area contributed by atoms with E-state index < -0.39 is 12.0 Å². The summed E-state index contributed by atoms with van der Waals surface area (Å²) in [6, 6.07) is 19.1. The number of para-hydroxylation sites is 1. The van der Waals surface area contributed by atoms with E-state index in [-0.39, 0.29) is 22.8 Å². The van der Waals surface area contributed by atoms with Gasteiger partial charge < -0.3 is 30.6 Å². The molecule has 38 heavy (non-hydrogen) atoms. The third-order valence-electron chi connectivity index (χ3n) is 5.73. The predicted octanol–water partition coefficient (Wildman–Crippen LogP) is 5.59. The number of nitrogens with one attached hydrogen (secondary N) is 2. The number of nitrogen functional groups attached to an aromatic ring is 1. The van der Waals surface area contributed by atoms with Crippen LogP contribution in [0.2, 0.25) is 0 Å². The van der Waals surface area contributed by atoms with Crippen LogP contribution in [0.4, 0.5) is 26.6 Å². The van der Waals surface area contributed by atoms with E-state index in [1.807, 2.05) is 6.07 Å². The number of imidazole rings is 1. The Morgan fingerprint density at radius 2 is 1.84 bits per heavy atom. The molecule has 3 aromatic heterocycles. The molecule has 6 rings (SSSR count). The molecule has 0 saturated carbocycles. The number of H-pyrrole nitrogens is 1. The lowest BCUT2D eigenvalue weighted by Crippen LogP contribution is -2.03. The Morgan fingerprint density at radius 1 is 1.05 bits per heavy atom. The van der Waals surface area contributed by atoms with Gasteiger partial charge in [0.05, 0.1) is 17.3 Å². The molecule has 0 aliphatic rings. The highest BCUT2D eigenvalue weighted by Crippen LogP contribution is 2.38. The largest absolute Gasteiger partial charge is 0.511 e. The Morgan fingerprint density at radius 3 is 2.61 bits per heavy atom. The number of nitrogens with zero attached hydrogens (tertiary/aromatic N) is 4. The van der Waals surface area contributed by atoms with Crippen molar-refractivity contribution in [2.24, 2.45) is 0 Å². The van der Waals surface area contributed by atoms with Gasteiger partial charge in [0.1, 0.15) is 23.1 Å². The molecule has 12 heteroatoms. The Labute approximate surface area is 213 Å². The van der Waals surface area contributed by atoms with Gasteiger partial charge in [-0.05, 0) is 42.0 Å². The summed E-state index contributed by atoms with van der Waals surface area (Å²) in [5, 5.41) is 16.3. The first-order valence-corrected chi connectivity index (χ1v) is 11.3. The number of carbonyl (C=O) groups is 1. The van der Waals surface area contributed by atoms with E-state index in [2.05, 4.69) is 25.4 Å². The van der Waals surface area contributed by atoms with Crippen molar-refractivity contribution in [2.75, 3.05) is 11.1 Å². The van der Waals surface area contributed by atoms with Gasteiger partial charge in [0, 0.05) is 5.69 Å². The van der Waals surface area contributed by atoms with E-state index in [1.54, 1.807) is 54.6 Å². The fraction of sp³-hybridized carbons (Fsp3) is 0. The van der Waals surface area contributed by atoms with E-state index >= 15 is 4.39 Å². The zero-order valence-corrected chi connectivity index (χ0v) is 19.4. The van der Waals surface area contributed by atoms with Gasteiger partial charge in [-0.2, -0.15) is 5.10 Å². The van der Waals surface area contributed by atoms with E-state index in [9.17, 15) is 4.79 Å². The number of aromatic amines is 1. The van der Waals surface area contributed by atoms with E-state index in [0.29, 0.717) is 39.5 Å². The molecule has 0 amide bonds. The average Bonchev–Trinajstić information content (AvgIpc) is 3.48. The van der Waals surface area contributed by atoms with Crippen molar-refractivity contribution in [3.05, 3.63) is 85.1 Å². The molecule has 188 valence electrons. The molecule has 11 nitrogen and oxygen atoms in total. The second-order valence-electron chi connectivity index (χ2n) is 8.15.